The van der Waals surface area contributed by atoms with Crippen molar-refractivity contribution in [1.82, 2.24) is 23.3 Å². The zero-order valence-electron chi connectivity index (χ0n) is 15.6. The predicted molar refractivity (Wildman–Crippen MR) is 102 cm³/mol. The summed E-state index contributed by atoms with van der Waals surface area (Å²) in [7, 11) is 2.91. The topological polar surface area (TPSA) is 83.8 Å². The summed E-state index contributed by atoms with van der Waals surface area (Å²) in [6.45, 7) is 3.82. The Labute approximate surface area is 159 Å². The Kier molecular flexibility index (Phi) is 3.92. The number of halogens is 1. The van der Waals surface area contributed by atoms with E-state index in [9.17, 15) is 14.4 Å². The van der Waals surface area contributed by atoms with Crippen LogP contribution in [0.5, 0.6) is 0 Å². The summed E-state index contributed by atoms with van der Waals surface area (Å²) in [4.78, 5) is 41.8. The van der Waals surface area contributed by atoms with Crippen molar-refractivity contribution >= 4 is 28.5 Å². The van der Waals surface area contributed by atoms with E-state index in [1.165, 1.54) is 23.2 Å². The number of rotatable bonds is 4. The van der Waals surface area contributed by atoms with Crippen LogP contribution in [0.25, 0.3) is 11.2 Å². The van der Waals surface area contributed by atoms with E-state index in [0.717, 1.165) is 28.8 Å². The Morgan fingerprint density at radius 2 is 1.89 bits per heavy atom. The molecule has 0 atom stereocenters. The number of ketones is 1. The molecule has 0 aliphatic heterocycles. The van der Waals surface area contributed by atoms with Gasteiger partial charge in [-0.1, -0.05) is 0 Å². The van der Waals surface area contributed by atoms with E-state index < -0.39 is 11.2 Å². The Morgan fingerprint density at radius 1 is 1.22 bits per heavy atom. The van der Waals surface area contributed by atoms with Crippen LogP contribution < -0.4 is 11.2 Å². The van der Waals surface area contributed by atoms with Crippen molar-refractivity contribution in [2.75, 3.05) is 0 Å². The summed E-state index contributed by atoms with van der Waals surface area (Å²) < 4.78 is 5.82. The molecule has 0 bridgehead atoms. The summed E-state index contributed by atoms with van der Waals surface area (Å²) >= 11 is 6.22. The molecule has 9 heteroatoms. The quantitative estimate of drug-likeness (QED) is 0.502. The lowest BCUT2D eigenvalue weighted by Crippen LogP contribution is -2.37. The summed E-state index contributed by atoms with van der Waals surface area (Å²) in [6.07, 6.45) is 2.26. The smallest absolute Gasteiger partial charge is 0.332 e. The molecule has 8 nitrogen and oxygen atoms in total. The second-order valence-electron chi connectivity index (χ2n) is 7.15. The highest BCUT2D eigenvalue weighted by atomic mass is 35.5. The van der Waals surface area contributed by atoms with Crippen LogP contribution in [0.15, 0.2) is 15.7 Å². The number of aryl methyl sites for hydroxylation is 2. The maximum atomic E-state index is 13.0. The minimum absolute atomic E-state index is 0.00708. The van der Waals surface area contributed by atoms with Crippen molar-refractivity contribution in [2.24, 2.45) is 14.1 Å². The van der Waals surface area contributed by atoms with E-state index in [1.807, 2.05) is 19.9 Å². The Bertz CT molecular complexity index is 1220. The number of hydrogen-bond acceptors (Lipinski definition) is 4. The number of imidazole rings is 1. The lowest BCUT2D eigenvalue weighted by Gasteiger charge is -2.09. The standard InChI is InChI=1S/C18H20ClN5O3/c1-9-7-12(10(2)24(9)11-5-6-11)13(25)8-23-14-15(20-17(23)19)21(3)18(27)22(4)16(14)26/h7,11H,5-6,8H2,1-4H3. The third kappa shape index (κ3) is 2.58. The van der Waals surface area contributed by atoms with Gasteiger partial charge in [0.05, 0.1) is 6.54 Å². The second-order valence-corrected chi connectivity index (χ2v) is 7.49. The highest BCUT2D eigenvalue weighted by Crippen LogP contribution is 2.38. The van der Waals surface area contributed by atoms with Gasteiger partial charge in [0, 0.05) is 37.1 Å². The molecule has 3 heterocycles. The van der Waals surface area contributed by atoms with E-state index in [-0.39, 0.29) is 28.8 Å². The van der Waals surface area contributed by atoms with Gasteiger partial charge in [-0.05, 0) is 44.4 Å². The highest BCUT2D eigenvalue weighted by molar-refractivity contribution is 6.29. The molecule has 0 unspecified atom stereocenters. The number of fused-ring (bicyclic) bond motifs is 1. The molecule has 1 fully saturated rings. The molecular formula is C18H20ClN5O3. The first kappa shape index (κ1) is 17.8. The SMILES string of the molecule is Cc1cc(C(=O)Cn2c(Cl)nc3c2c(=O)n(C)c(=O)n3C)c(C)n1C1CC1. The van der Waals surface area contributed by atoms with Gasteiger partial charge in [0.25, 0.3) is 5.56 Å². The molecule has 0 radical (unpaired) electrons. The van der Waals surface area contributed by atoms with Crippen molar-refractivity contribution in [2.45, 2.75) is 39.3 Å². The van der Waals surface area contributed by atoms with Crippen LogP contribution in [0.3, 0.4) is 0 Å². The Morgan fingerprint density at radius 3 is 2.52 bits per heavy atom. The third-order valence-electron chi connectivity index (χ3n) is 5.30. The zero-order valence-corrected chi connectivity index (χ0v) is 16.4. The van der Waals surface area contributed by atoms with Crippen LogP contribution in [0.4, 0.5) is 0 Å². The maximum absolute atomic E-state index is 13.0. The Hall–Kier alpha value is -2.61. The van der Waals surface area contributed by atoms with Gasteiger partial charge in [-0.25, -0.2) is 4.79 Å². The van der Waals surface area contributed by atoms with Crippen LogP contribution in [0.2, 0.25) is 5.28 Å². The number of aromatic nitrogens is 5. The molecule has 0 saturated heterocycles. The minimum Gasteiger partial charge on any atom is -0.345 e. The molecule has 142 valence electrons. The summed E-state index contributed by atoms with van der Waals surface area (Å²) in [5.41, 5.74) is 1.91. The molecule has 27 heavy (non-hydrogen) atoms. The first-order valence-electron chi connectivity index (χ1n) is 8.75. The van der Waals surface area contributed by atoms with Crippen LogP contribution >= 0.6 is 11.6 Å². The van der Waals surface area contributed by atoms with Gasteiger partial charge in [-0.2, -0.15) is 4.98 Å². The molecule has 0 amide bonds. The average molecular weight is 390 g/mol. The van der Waals surface area contributed by atoms with Gasteiger partial charge in [0.1, 0.15) is 0 Å². The fourth-order valence-corrected chi connectivity index (χ4v) is 3.97. The van der Waals surface area contributed by atoms with Crippen molar-refractivity contribution < 1.29 is 4.79 Å². The lowest BCUT2D eigenvalue weighted by atomic mass is 10.1. The van der Waals surface area contributed by atoms with Gasteiger partial charge >= 0.3 is 5.69 Å². The molecule has 3 aromatic rings. The monoisotopic (exact) mass is 389 g/mol. The molecule has 0 spiro atoms. The lowest BCUT2D eigenvalue weighted by molar-refractivity contribution is 0.0972. The number of hydrogen-bond donors (Lipinski definition) is 0. The van der Waals surface area contributed by atoms with Gasteiger partial charge in [-0.3, -0.25) is 18.7 Å². The first-order chi connectivity index (χ1) is 12.7. The van der Waals surface area contributed by atoms with Gasteiger partial charge in [0.2, 0.25) is 5.28 Å². The fourth-order valence-electron chi connectivity index (χ4n) is 3.75. The van der Waals surface area contributed by atoms with Crippen LogP contribution in [-0.4, -0.2) is 29.0 Å². The molecule has 4 rings (SSSR count). The molecule has 3 aromatic heterocycles. The largest absolute Gasteiger partial charge is 0.345 e. The van der Waals surface area contributed by atoms with Gasteiger partial charge in [-0.15, -0.1) is 0 Å². The van der Waals surface area contributed by atoms with Crippen LogP contribution in [0, 0.1) is 13.8 Å². The first-order valence-corrected chi connectivity index (χ1v) is 9.13. The van der Waals surface area contributed by atoms with Crippen LogP contribution in [0.1, 0.15) is 40.6 Å². The number of carbonyl (C=O) groups excluding carboxylic acids is 1. The number of carbonyl (C=O) groups is 1. The van der Waals surface area contributed by atoms with E-state index in [1.54, 1.807) is 0 Å². The molecule has 0 aromatic carbocycles. The number of Topliss-reactive ketones (excluding diaryl/α,β-unsaturated/α-hetero) is 1. The molecule has 1 aliphatic rings. The van der Waals surface area contributed by atoms with Gasteiger partial charge < -0.3 is 9.13 Å². The average Bonchev–Trinajstić information content (AvgIpc) is 3.34. The second kappa shape index (κ2) is 5.95. The summed E-state index contributed by atoms with van der Waals surface area (Å²) in [5.74, 6) is -0.146. The molecule has 1 aliphatic carbocycles. The fraction of sp³-hybridized carbons (Fsp3) is 0.444. The van der Waals surface area contributed by atoms with Crippen molar-refractivity contribution in [3.63, 3.8) is 0 Å². The maximum Gasteiger partial charge on any atom is 0.332 e. The van der Waals surface area contributed by atoms with Crippen molar-refractivity contribution in [3.8, 4) is 0 Å². The highest BCUT2D eigenvalue weighted by Gasteiger charge is 2.29. The third-order valence-corrected chi connectivity index (χ3v) is 5.59. The summed E-state index contributed by atoms with van der Waals surface area (Å²) in [5, 5.41) is 0.00708. The molecule has 1 saturated carbocycles. The van der Waals surface area contributed by atoms with E-state index >= 15 is 0 Å². The molecular weight excluding hydrogens is 370 g/mol. The molecule has 0 N–H and O–H groups in total. The van der Waals surface area contributed by atoms with Gasteiger partial charge in [0.15, 0.2) is 16.9 Å². The van der Waals surface area contributed by atoms with Crippen molar-refractivity contribution in [1.29, 1.82) is 0 Å². The van der Waals surface area contributed by atoms with E-state index in [0.29, 0.717) is 11.6 Å². The van der Waals surface area contributed by atoms with Crippen molar-refractivity contribution in [3.05, 3.63) is 49.1 Å². The number of nitrogens with zero attached hydrogens (tertiary/aromatic N) is 5. The van der Waals surface area contributed by atoms with E-state index in [4.69, 9.17) is 11.6 Å². The normalized spacial score (nSPS) is 14.3. The minimum atomic E-state index is -0.524. The summed E-state index contributed by atoms with van der Waals surface area (Å²) in [6, 6.07) is 2.36. The predicted octanol–water partition coefficient (Wildman–Crippen LogP) is 1.72. The zero-order chi connectivity index (χ0) is 19.6. The van der Waals surface area contributed by atoms with Crippen LogP contribution in [-0.2, 0) is 20.6 Å². The Balaban J connectivity index is 1.82. The van der Waals surface area contributed by atoms with E-state index in [2.05, 4.69) is 9.55 Å².